The molecule has 1 saturated heterocycles. The van der Waals surface area contributed by atoms with Crippen molar-refractivity contribution in [3.8, 4) is 0 Å². The molecule has 0 radical (unpaired) electrons. The summed E-state index contributed by atoms with van der Waals surface area (Å²) >= 11 is 0. The molecule has 0 amide bonds. The van der Waals surface area contributed by atoms with Crippen LogP contribution in [0.2, 0.25) is 0 Å². The van der Waals surface area contributed by atoms with E-state index in [1.54, 1.807) is 12.1 Å². The average Bonchev–Trinajstić information content (AvgIpc) is 3.34. The fourth-order valence-corrected chi connectivity index (χ4v) is 5.63. The highest BCUT2D eigenvalue weighted by molar-refractivity contribution is 5.48. The Hall–Kier alpha value is -3.86. The first-order valence-electron chi connectivity index (χ1n) is 14.5. The Kier molecular flexibility index (Phi) is 9.78. The summed E-state index contributed by atoms with van der Waals surface area (Å²) in [6.07, 6.45) is 0.961. The monoisotopic (exact) mass is 563 g/mol. The van der Waals surface area contributed by atoms with E-state index in [0.29, 0.717) is 13.1 Å². The van der Waals surface area contributed by atoms with Crippen LogP contribution in [0, 0.1) is 12.4 Å². The molecule has 42 heavy (non-hydrogen) atoms. The van der Waals surface area contributed by atoms with E-state index in [4.69, 9.17) is 16.0 Å². The van der Waals surface area contributed by atoms with Crippen LogP contribution in [0.25, 0.3) is 4.85 Å². The van der Waals surface area contributed by atoms with Gasteiger partial charge in [0.05, 0.1) is 6.57 Å². The maximum atomic E-state index is 14.0. The van der Waals surface area contributed by atoms with E-state index in [1.807, 2.05) is 44.2 Å². The van der Waals surface area contributed by atoms with Gasteiger partial charge in [-0.1, -0.05) is 97.1 Å². The highest BCUT2D eigenvalue weighted by Crippen LogP contribution is 2.34. The molecule has 6 heteroatoms. The minimum atomic E-state index is -0.775. The summed E-state index contributed by atoms with van der Waals surface area (Å²) in [7, 11) is 0. The molecule has 0 bridgehead atoms. The highest BCUT2D eigenvalue weighted by Gasteiger charge is 2.48. The standard InChI is InChI=1S/C36H38FN3O2/c1-36(2)41-34(32(21-26-13-7-4-8-14-26)39-24-28-17-11-6-12-18-28)35(42-36)33(22-27-15-9-5-10-16-27)40-25-29-19-20-30(37)31(23-29)38-3/h4-20,23,32-35,39-40H,21-22,24-25H2,1-2H3. The Labute approximate surface area is 248 Å². The van der Waals surface area contributed by atoms with Crippen LogP contribution in [0.1, 0.15) is 36.1 Å². The van der Waals surface area contributed by atoms with E-state index in [2.05, 4.69) is 76.1 Å². The predicted molar refractivity (Wildman–Crippen MR) is 164 cm³/mol. The third-order valence-corrected chi connectivity index (χ3v) is 7.66. The molecule has 2 N–H and O–H groups in total. The van der Waals surface area contributed by atoms with E-state index >= 15 is 0 Å². The highest BCUT2D eigenvalue weighted by atomic mass is 19.1. The van der Waals surface area contributed by atoms with Crippen LogP contribution in [0.4, 0.5) is 10.1 Å². The maximum absolute atomic E-state index is 14.0. The molecule has 0 spiro atoms. The molecule has 0 aliphatic carbocycles. The molecular formula is C36H38FN3O2. The molecule has 5 nitrogen and oxygen atoms in total. The number of hydrogen-bond acceptors (Lipinski definition) is 4. The largest absolute Gasteiger partial charge is 0.343 e. The summed E-state index contributed by atoms with van der Waals surface area (Å²) in [5.74, 6) is -1.28. The second kappa shape index (κ2) is 13.9. The van der Waals surface area contributed by atoms with Gasteiger partial charge in [-0.2, -0.15) is 0 Å². The van der Waals surface area contributed by atoms with Gasteiger partial charge in [-0.3, -0.25) is 0 Å². The minimum absolute atomic E-state index is 0.0287. The zero-order chi connectivity index (χ0) is 29.4. The molecule has 1 aliphatic heterocycles. The van der Waals surface area contributed by atoms with Crippen LogP contribution in [-0.2, 0) is 35.4 Å². The molecule has 4 aromatic rings. The summed E-state index contributed by atoms with van der Waals surface area (Å²) in [5.41, 5.74) is 4.48. The van der Waals surface area contributed by atoms with Crippen LogP contribution < -0.4 is 10.6 Å². The first kappa shape index (κ1) is 29.6. The van der Waals surface area contributed by atoms with Crippen LogP contribution in [0.15, 0.2) is 109 Å². The van der Waals surface area contributed by atoms with Crippen molar-refractivity contribution in [1.29, 1.82) is 0 Å². The lowest BCUT2D eigenvalue weighted by atomic mass is 9.91. The smallest absolute Gasteiger partial charge is 0.222 e. The van der Waals surface area contributed by atoms with Crippen molar-refractivity contribution in [2.75, 3.05) is 0 Å². The van der Waals surface area contributed by atoms with Crippen LogP contribution >= 0.6 is 0 Å². The average molecular weight is 564 g/mol. The van der Waals surface area contributed by atoms with E-state index < -0.39 is 11.6 Å². The van der Waals surface area contributed by atoms with E-state index in [0.717, 1.165) is 18.4 Å². The van der Waals surface area contributed by atoms with Crippen molar-refractivity contribution in [3.63, 3.8) is 0 Å². The van der Waals surface area contributed by atoms with Gasteiger partial charge < -0.3 is 20.1 Å². The number of halogens is 1. The predicted octanol–water partition coefficient (Wildman–Crippen LogP) is 7.00. The Morgan fingerprint density at radius 2 is 1.14 bits per heavy atom. The molecule has 5 rings (SSSR count). The number of nitrogens with one attached hydrogen (secondary N) is 2. The quantitative estimate of drug-likeness (QED) is 0.182. The van der Waals surface area contributed by atoms with E-state index in [9.17, 15) is 4.39 Å². The topological polar surface area (TPSA) is 46.9 Å². The number of nitrogens with zero attached hydrogens (tertiary/aromatic N) is 1. The minimum Gasteiger partial charge on any atom is -0.343 e. The van der Waals surface area contributed by atoms with Gasteiger partial charge in [0.2, 0.25) is 5.69 Å². The van der Waals surface area contributed by atoms with Gasteiger partial charge in [0.25, 0.3) is 0 Å². The van der Waals surface area contributed by atoms with Crippen molar-refractivity contribution in [2.24, 2.45) is 0 Å². The van der Waals surface area contributed by atoms with Gasteiger partial charge in [-0.15, -0.1) is 0 Å². The molecule has 4 unspecified atom stereocenters. The summed E-state index contributed by atoms with van der Waals surface area (Å²) in [6.45, 7) is 12.4. The van der Waals surface area contributed by atoms with Gasteiger partial charge in [0.15, 0.2) is 5.79 Å². The van der Waals surface area contributed by atoms with Gasteiger partial charge in [-0.25, -0.2) is 9.24 Å². The molecule has 1 aliphatic rings. The third-order valence-electron chi connectivity index (χ3n) is 7.66. The van der Waals surface area contributed by atoms with Crippen molar-refractivity contribution in [1.82, 2.24) is 10.6 Å². The fraction of sp³-hybridized carbons (Fsp3) is 0.306. The molecule has 1 heterocycles. The number of benzene rings is 4. The van der Waals surface area contributed by atoms with Gasteiger partial charge >= 0.3 is 0 Å². The van der Waals surface area contributed by atoms with Crippen molar-refractivity contribution in [3.05, 3.63) is 149 Å². The summed E-state index contributed by atoms with van der Waals surface area (Å²) in [6, 6.07) is 35.7. The van der Waals surface area contributed by atoms with Crippen LogP contribution in [-0.4, -0.2) is 30.1 Å². The third kappa shape index (κ3) is 7.90. The maximum Gasteiger partial charge on any atom is 0.222 e. The van der Waals surface area contributed by atoms with Gasteiger partial charge in [-0.05, 0) is 61.1 Å². The van der Waals surface area contributed by atoms with Crippen molar-refractivity contribution < 1.29 is 13.9 Å². The normalized spacial score (nSPS) is 19.2. The molecule has 4 atom stereocenters. The Morgan fingerprint density at radius 3 is 1.62 bits per heavy atom. The van der Waals surface area contributed by atoms with Crippen LogP contribution in [0.5, 0.6) is 0 Å². The molecule has 0 saturated carbocycles. The number of ether oxygens (including phenoxy) is 2. The van der Waals surface area contributed by atoms with Crippen molar-refractivity contribution >= 4 is 5.69 Å². The van der Waals surface area contributed by atoms with Gasteiger partial charge in [0.1, 0.15) is 18.0 Å². The lowest BCUT2D eigenvalue weighted by Gasteiger charge is -2.33. The SMILES string of the molecule is [C-]#[N+]c1cc(CNC(Cc2ccccc2)C2OC(C)(C)OC2C(Cc2ccccc2)NCc2ccccc2)ccc1F. The lowest BCUT2D eigenvalue weighted by molar-refractivity contribution is -0.150. The van der Waals surface area contributed by atoms with E-state index in [1.165, 1.54) is 22.8 Å². The zero-order valence-electron chi connectivity index (χ0n) is 24.2. The summed E-state index contributed by atoms with van der Waals surface area (Å²) in [5, 5.41) is 7.50. The fourth-order valence-electron chi connectivity index (χ4n) is 5.63. The molecule has 0 aromatic heterocycles. The second-order valence-electron chi connectivity index (χ2n) is 11.3. The summed E-state index contributed by atoms with van der Waals surface area (Å²) in [4.78, 5) is 3.34. The summed E-state index contributed by atoms with van der Waals surface area (Å²) < 4.78 is 27.4. The first-order chi connectivity index (χ1) is 20.4. The van der Waals surface area contributed by atoms with Crippen molar-refractivity contribution in [2.45, 2.75) is 69.9 Å². The van der Waals surface area contributed by atoms with Crippen LogP contribution in [0.3, 0.4) is 0 Å². The van der Waals surface area contributed by atoms with Gasteiger partial charge in [0, 0.05) is 25.2 Å². The molecule has 216 valence electrons. The Bertz CT molecular complexity index is 1460. The molecule has 1 fully saturated rings. The zero-order valence-corrected chi connectivity index (χ0v) is 24.2. The number of rotatable bonds is 12. The molecule has 4 aromatic carbocycles. The van der Waals surface area contributed by atoms with E-state index in [-0.39, 0.29) is 30.0 Å². The molecular weight excluding hydrogens is 525 g/mol. The first-order valence-corrected chi connectivity index (χ1v) is 14.5. The second-order valence-corrected chi connectivity index (χ2v) is 11.3. The Morgan fingerprint density at radius 1 is 0.690 bits per heavy atom. The number of hydrogen-bond donors (Lipinski definition) is 2. The lowest BCUT2D eigenvalue weighted by Crippen LogP contribution is -2.53. The Balaban J connectivity index is 1.44.